The number of nitrogens with two attached hydrogens (primary N) is 1. The summed E-state index contributed by atoms with van der Waals surface area (Å²) in [5.74, 6) is -0.310. The van der Waals surface area contributed by atoms with Crippen molar-refractivity contribution < 1.29 is 9.53 Å². The molecule has 94 valence electrons. The molecule has 1 aromatic rings. The van der Waals surface area contributed by atoms with Crippen molar-refractivity contribution >= 4 is 5.97 Å². The Hall–Kier alpha value is -1.35. The van der Waals surface area contributed by atoms with E-state index in [1.54, 1.807) is 0 Å². The van der Waals surface area contributed by atoms with Gasteiger partial charge in [0.15, 0.2) is 0 Å². The average Bonchev–Trinajstić information content (AvgIpc) is 2.30. The minimum atomic E-state index is -0.572. The highest BCUT2D eigenvalue weighted by atomic mass is 16.5. The lowest BCUT2D eigenvalue weighted by Crippen LogP contribution is -2.36. The van der Waals surface area contributed by atoms with Crippen LogP contribution in [0.15, 0.2) is 30.3 Å². The normalized spacial score (nSPS) is 14.1. The molecule has 0 saturated carbocycles. The molecule has 1 rings (SSSR count). The lowest BCUT2D eigenvalue weighted by molar-refractivity contribution is -0.150. The van der Waals surface area contributed by atoms with Crippen LogP contribution in [0.1, 0.15) is 32.3 Å². The minimum Gasteiger partial charge on any atom is -0.462 e. The Kier molecular flexibility index (Phi) is 5.70. The van der Waals surface area contributed by atoms with Gasteiger partial charge in [0.05, 0.1) is 6.10 Å². The second kappa shape index (κ2) is 7.07. The fourth-order valence-electron chi connectivity index (χ4n) is 1.70. The molecular formula is C14H21NO2. The van der Waals surface area contributed by atoms with Crippen LogP contribution < -0.4 is 5.73 Å². The van der Waals surface area contributed by atoms with Crippen LogP contribution in [0.2, 0.25) is 0 Å². The molecule has 3 heteroatoms. The number of hydrogen-bond acceptors (Lipinski definition) is 3. The summed E-state index contributed by atoms with van der Waals surface area (Å²) in [6, 6.07) is 9.17. The van der Waals surface area contributed by atoms with E-state index >= 15 is 0 Å². The second-order valence-corrected chi connectivity index (χ2v) is 4.33. The number of hydrogen-bond donors (Lipinski definition) is 1. The van der Waals surface area contributed by atoms with E-state index in [1.165, 1.54) is 0 Å². The first-order chi connectivity index (χ1) is 8.13. The summed E-state index contributed by atoms with van der Waals surface area (Å²) in [6.45, 7) is 3.96. The summed E-state index contributed by atoms with van der Waals surface area (Å²) in [7, 11) is 0. The van der Waals surface area contributed by atoms with Gasteiger partial charge in [-0.3, -0.25) is 4.79 Å². The van der Waals surface area contributed by atoms with E-state index in [-0.39, 0.29) is 12.1 Å². The maximum atomic E-state index is 11.7. The van der Waals surface area contributed by atoms with Crippen molar-refractivity contribution in [2.45, 2.75) is 45.3 Å². The molecule has 0 aromatic heterocycles. The third-order valence-electron chi connectivity index (χ3n) is 2.61. The van der Waals surface area contributed by atoms with E-state index in [2.05, 4.69) is 6.92 Å². The monoisotopic (exact) mass is 235 g/mol. The lowest BCUT2D eigenvalue weighted by atomic mass is 10.1. The summed E-state index contributed by atoms with van der Waals surface area (Å²) < 4.78 is 5.26. The molecule has 0 aliphatic carbocycles. The van der Waals surface area contributed by atoms with Crippen molar-refractivity contribution in [3.05, 3.63) is 35.9 Å². The molecule has 2 N–H and O–H groups in total. The molecule has 3 nitrogen and oxygen atoms in total. The van der Waals surface area contributed by atoms with E-state index in [9.17, 15) is 4.79 Å². The number of rotatable bonds is 6. The zero-order valence-electron chi connectivity index (χ0n) is 10.6. The molecular weight excluding hydrogens is 214 g/mol. The van der Waals surface area contributed by atoms with Gasteiger partial charge in [-0.25, -0.2) is 0 Å². The van der Waals surface area contributed by atoms with Crippen molar-refractivity contribution in [1.82, 2.24) is 0 Å². The van der Waals surface area contributed by atoms with E-state index in [1.807, 2.05) is 37.3 Å². The van der Waals surface area contributed by atoms with Gasteiger partial charge in [0, 0.05) is 0 Å². The number of esters is 1. The van der Waals surface area contributed by atoms with Crippen LogP contribution in [-0.4, -0.2) is 18.1 Å². The standard InChI is InChI=1S/C14H21NO2/c1-3-7-11(2)17-14(16)13(15)10-12-8-5-4-6-9-12/h4-6,8-9,11,13H,3,7,10,15H2,1-2H3/t11?,13-/m1/s1. The van der Waals surface area contributed by atoms with Crippen molar-refractivity contribution in [2.24, 2.45) is 5.73 Å². The number of ether oxygens (including phenoxy) is 1. The second-order valence-electron chi connectivity index (χ2n) is 4.33. The SMILES string of the molecule is CCCC(C)OC(=O)[C@H](N)Cc1ccccc1. The highest BCUT2D eigenvalue weighted by molar-refractivity contribution is 5.76. The first-order valence-electron chi connectivity index (χ1n) is 6.13. The van der Waals surface area contributed by atoms with Crippen LogP contribution in [0.5, 0.6) is 0 Å². The van der Waals surface area contributed by atoms with Crippen LogP contribution in [0.3, 0.4) is 0 Å². The third-order valence-corrected chi connectivity index (χ3v) is 2.61. The molecule has 0 bridgehead atoms. The fraction of sp³-hybridized carbons (Fsp3) is 0.500. The Labute approximate surface area is 103 Å². The van der Waals surface area contributed by atoms with Crippen molar-refractivity contribution in [3.63, 3.8) is 0 Å². The topological polar surface area (TPSA) is 52.3 Å². The van der Waals surface area contributed by atoms with E-state index in [0.29, 0.717) is 6.42 Å². The van der Waals surface area contributed by atoms with Gasteiger partial charge in [-0.05, 0) is 25.3 Å². The van der Waals surface area contributed by atoms with E-state index in [4.69, 9.17) is 10.5 Å². The summed E-state index contributed by atoms with van der Waals surface area (Å²) >= 11 is 0. The maximum absolute atomic E-state index is 11.7. The Morgan fingerprint density at radius 3 is 2.59 bits per heavy atom. The third kappa shape index (κ3) is 5.00. The molecule has 0 saturated heterocycles. The Morgan fingerprint density at radius 1 is 1.35 bits per heavy atom. The van der Waals surface area contributed by atoms with Crippen LogP contribution in [0.4, 0.5) is 0 Å². The molecule has 2 atom stereocenters. The van der Waals surface area contributed by atoms with Gasteiger partial charge in [-0.1, -0.05) is 43.7 Å². The van der Waals surface area contributed by atoms with Crippen LogP contribution in [-0.2, 0) is 16.0 Å². The number of benzene rings is 1. The first-order valence-corrected chi connectivity index (χ1v) is 6.13. The maximum Gasteiger partial charge on any atom is 0.323 e. The summed E-state index contributed by atoms with van der Waals surface area (Å²) in [6.07, 6.45) is 2.36. The molecule has 0 radical (unpaired) electrons. The highest BCUT2D eigenvalue weighted by Gasteiger charge is 2.17. The molecule has 1 unspecified atom stereocenters. The molecule has 0 aliphatic heterocycles. The molecule has 17 heavy (non-hydrogen) atoms. The fourth-order valence-corrected chi connectivity index (χ4v) is 1.70. The molecule has 0 aliphatic rings. The highest BCUT2D eigenvalue weighted by Crippen LogP contribution is 2.06. The molecule has 0 fully saturated rings. The Bertz CT molecular complexity index is 337. The Morgan fingerprint density at radius 2 is 2.00 bits per heavy atom. The van der Waals surface area contributed by atoms with Crippen molar-refractivity contribution in [1.29, 1.82) is 0 Å². The largest absolute Gasteiger partial charge is 0.462 e. The van der Waals surface area contributed by atoms with Gasteiger partial charge in [0.25, 0.3) is 0 Å². The van der Waals surface area contributed by atoms with Gasteiger partial charge in [-0.15, -0.1) is 0 Å². The summed E-state index contributed by atoms with van der Waals surface area (Å²) in [5.41, 5.74) is 6.87. The van der Waals surface area contributed by atoms with Gasteiger partial charge in [0.2, 0.25) is 0 Å². The predicted octanol–water partition coefficient (Wildman–Crippen LogP) is 2.29. The number of carbonyl (C=O) groups is 1. The number of carbonyl (C=O) groups excluding carboxylic acids is 1. The van der Waals surface area contributed by atoms with Crippen molar-refractivity contribution in [2.75, 3.05) is 0 Å². The van der Waals surface area contributed by atoms with E-state index < -0.39 is 6.04 Å². The van der Waals surface area contributed by atoms with E-state index in [0.717, 1.165) is 18.4 Å². The molecule has 1 aromatic carbocycles. The predicted molar refractivity (Wildman–Crippen MR) is 68.6 cm³/mol. The van der Waals surface area contributed by atoms with Crippen LogP contribution in [0.25, 0.3) is 0 Å². The first kappa shape index (κ1) is 13.7. The average molecular weight is 235 g/mol. The molecule has 0 spiro atoms. The van der Waals surface area contributed by atoms with Crippen LogP contribution in [0, 0.1) is 0 Å². The lowest BCUT2D eigenvalue weighted by Gasteiger charge is -2.16. The molecule has 0 amide bonds. The zero-order chi connectivity index (χ0) is 12.7. The van der Waals surface area contributed by atoms with Crippen molar-refractivity contribution in [3.8, 4) is 0 Å². The summed E-state index contributed by atoms with van der Waals surface area (Å²) in [5, 5.41) is 0. The van der Waals surface area contributed by atoms with Gasteiger partial charge < -0.3 is 10.5 Å². The van der Waals surface area contributed by atoms with Crippen LogP contribution >= 0.6 is 0 Å². The quantitative estimate of drug-likeness (QED) is 0.770. The zero-order valence-corrected chi connectivity index (χ0v) is 10.6. The minimum absolute atomic E-state index is 0.0469. The van der Waals surface area contributed by atoms with Gasteiger partial charge in [0.1, 0.15) is 6.04 Å². The smallest absolute Gasteiger partial charge is 0.323 e. The molecule has 0 heterocycles. The Balaban J connectivity index is 2.42. The van der Waals surface area contributed by atoms with Gasteiger partial charge in [-0.2, -0.15) is 0 Å². The summed E-state index contributed by atoms with van der Waals surface area (Å²) in [4.78, 5) is 11.7. The van der Waals surface area contributed by atoms with Gasteiger partial charge >= 0.3 is 5.97 Å².